The van der Waals surface area contributed by atoms with Crippen LogP contribution in [0.15, 0.2) is 79.0 Å². The van der Waals surface area contributed by atoms with E-state index >= 15 is 8.78 Å². The number of ether oxygens (including phenoxy) is 2. The Morgan fingerprint density at radius 3 is 2.48 bits per heavy atom. The molecule has 0 spiro atoms. The lowest BCUT2D eigenvalue weighted by atomic mass is 10.0. The van der Waals surface area contributed by atoms with Gasteiger partial charge in [0, 0.05) is 56.1 Å². The van der Waals surface area contributed by atoms with Crippen molar-refractivity contribution in [3.8, 4) is 28.4 Å². The number of carboxylic acid groups (broad SMARTS) is 1. The van der Waals surface area contributed by atoms with Crippen LogP contribution in [0.3, 0.4) is 0 Å². The normalized spacial score (nSPS) is 11.3. The highest BCUT2D eigenvalue weighted by molar-refractivity contribution is 5.92. The number of rotatable bonds is 11. The highest BCUT2D eigenvalue weighted by Gasteiger charge is 2.19. The fraction of sp³-hybridized carbons (Fsp3) is 0.176. The Labute approximate surface area is 261 Å². The Hall–Kier alpha value is -5.49. The van der Waals surface area contributed by atoms with Crippen molar-refractivity contribution in [1.29, 1.82) is 0 Å². The minimum Gasteiger partial charge on any atom is -0.478 e. The van der Waals surface area contributed by atoms with E-state index in [4.69, 9.17) is 9.47 Å². The van der Waals surface area contributed by atoms with Crippen LogP contribution in [0, 0.1) is 17.5 Å². The molecule has 3 aromatic carbocycles. The van der Waals surface area contributed by atoms with Crippen molar-refractivity contribution >= 4 is 17.0 Å². The number of carboxylic acids is 1. The first kappa shape index (κ1) is 30.5. The van der Waals surface area contributed by atoms with Crippen LogP contribution in [0.5, 0.6) is 5.88 Å². The van der Waals surface area contributed by atoms with Gasteiger partial charge in [0.1, 0.15) is 29.9 Å². The van der Waals surface area contributed by atoms with Gasteiger partial charge in [-0.05, 0) is 54.1 Å². The molecule has 3 aromatic heterocycles. The van der Waals surface area contributed by atoms with Crippen LogP contribution >= 0.6 is 0 Å². The van der Waals surface area contributed by atoms with Gasteiger partial charge in [0.15, 0.2) is 0 Å². The third kappa shape index (κ3) is 6.20. The average Bonchev–Trinajstić information content (AvgIpc) is 3.63. The molecular formula is C34H28F3N5O4. The molecule has 0 aliphatic rings. The third-order valence-corrected chi connectivity index (χ3v) is 7.62. The lowest BCUT2D eigenvalue weighted by Crippen LogP contribution is -2.10. The van der Waals surface area contributed by atoms with Gasteiger partial charge in [0.25, 0.3) is 0 Å². The van der Waals surface area contributed by atoms with E-state index in [1.807, 2.05) is 0 Å². The van der Waals surface area contributed by atoms with E-state index in [2.05, 4.69) is 15.1 Å². The summed E-state index contributed by atoms with van der Waals surface area (Å²) in [6.07, 6.45) is 1.58. The number of aromatic nitrogens is 5. The van der Waals surface area contributed by atoms with Gasteiger partial charge in [0.2, 0.25) is 5.88 Å². The highest BCUT2D eigenvalue weighted by Crippen LogP contribution is 2.29. The first-order chi connectivity index (χ1) is 22.2. The van der Waals surface area contributed by atoms with Gasteiger partial charge in [-0.2, -0.15) is 5.10 Å². The molecule has 46 heavy (non-hydrogen) atoms. The zero-order valence-electron chi connectivity index (χ0n) is 24.9. The minimum atomic E-state index is -1.09. The van der Waals surface area contributed by atoms with Gasteiger partial charge in [-0.1, -0.05) is 18.2 Å². The van der Waals surface area contributed by atoms with Gasteiger partial charge in [0.05, 0.1) is 34.6 Å². The van der Waals surface area contributed by atoms with Crippen LogP contribution in [0.2, 0.25) is 0 Å². The zero-order valence-corrected chi connectivity index (χ0v) is 24.9. The summed E-state index contributed by atoms with van der Waals surface area (Å²) >= 11 is 0. The molecule has 0 fully saturated rings. The topological polar surface area (TPSA) is 104 Å². The summed E-state index contributed by atoms with van der Waals surface area (Å²) in [6.45, 7) is 0.517. The summed E-state index contributed by atoms with van der Waals surface area (Å²) in [5.74, 6) is -2.38. The highest BCUT2D eigenvalue weighted by atomic mass is 19.1. The molecular weight excluding hydrogens is 599 g/mol. The second kappa shape index (κ2) is 12.9. The molecule has 0 bridgehead atoms. The zero-order chi connectivity index (χ0) is 32.4. The summed E-state index contributed by atoms with van der Waals surface area (Å²) in [7, 11) is 3.30. The summed E-state index contributed by atoms with van der Waals surface area (Å²) < 4.78 is 60.1. The van der Waals surface area contributed by atoms with E-state index in [1.165, 1.54) is 31.4 Å². The van der Waals surface area contributed by atoms with Gasteiger partial charge >= 0.3 is 5.97 Å². The molecule has 12 heteroatoms. The molecule has 0 saturated carbocycles. The van der Waals surface area contributed by atoms with Crippen LogP contribution in [-0.2, 0) is 31.4 Å². The van der Waals surface area contributed by atoms with Crippen LogP contribution in [-0.4, -0.2) is 49.1 Å². The molecule has 1 N–H and O–H groups in total. The maximum absolute atomic E-state index is 15.5. The van der Waals surface area contributed by atoms with Crippen LogP contribution in [0.1, 0.15) is 27.3 Å². The lowest BCUT2D eigenvalue weighted by molar-refractivity contribution is 0.0697. The number of carbonyl (C=O) groups is 1. The van der Waals surface area contributed by atoms with Gasteiger partial charge in [-0.3, -0.25) is 4.68 Å². The number of fused-ring (bicyclic) bond motifs is 1. The van der Waals surface area contributed by atoms with E-state index < -0.39 is 23.4 Å². The molecule has 0 radical (unpaired) electrons. The lowest BCUT2D eigenvalue weighted by Gasteiger charge is -2.12. The largest absolute Gasteiger partial charge is 0.478 e. The van der Waals surface area contributed by atoms with E-state index in [9.17, 15) is 14.3 Å². The SMILES string of the molecule is COCCn1c(Cc2cc(F)c(-c3cccc(OCc4ccc(-c5ccnn5C)cc4F)n3)cc2F)nc2ccc(C(=O)O)cc21. The molecule has 6 rings (SSSR count). The summed E-state index contributed by atoms with van der Waals surface area (Å²) in [5, 5.41) is 13.5. The van der Waals surface area contributed by atoms with Crippen LogP contribution in [0.25, 0.3) is 33.5 Å². The van der Waals surface area contributed by atoms with Gasteiger partial charge in [-0.15, -0.1) is 0 Å². The van der Waals surface area contributed by atoms with E-state index in [0.29, 0.717) is 41.1 Å². The summed E-state index contributed by atoms with van der Waals surface area (Å²) in [6, 6.07) is 17.9. The Bertz CT molecular complexity index is 2070. The minimum absolute atomic E-state index is 0.0502. The number of hydrogen-bond acceptors (Lipinski definition) is 6. The smallest absolute Gasteiger partial charge is 0.335 e. The predicted molar refractivity (Wildman–Crippen MR) is 164 cm³/mol. The monoisotopic (exact) mass is 627 g/mol. The average molecular weight is 628 g/mol. The van der Waals surface area contributed by atoms with Crippen LogP contribution in [0.4, 0.5) is 13.2 Å². The van der Waals surface area contributed by atoms with Gasteiger partial charge < -0.3 is 19.1 Å². The molecule has 0 aliphatic carbocycles. The fourth-order valence-electron chi connectivity index (χ4n) is 5.24. The van der Waals surface area contributed by atoms with Crippen molar-refractivity contribution in [3.63, 3.8) is 0 Å². The maximum Gasteiger partial charge on any atom is 0.335 e. The standard InChI is InChI=1S/C34H28F3N5O4/c1-41-30(10-11-38-41)20-6-7-22(25(35)14-20)19-46-33-5-3-4-28(40-33)24-18-26(36)23(15-27(24)37)17-32-39-29-9-8-21(34(43)44)16-31(29)42(32)12-13-45-2/h3-11,14-16,18H,12-13,17,19H2,1-2H3,(H,43,44). The molecule has 234 valence electrons. The number of methoxy groups -OCH3 is 1. The molecule has 0 aliphatic heterocycles. The van der Waals surface area contributed by atoms with E-state index in [1.54, 1.807) is 58.9 Å². The van der Waals surface area contributed by atoms with Crippen molar-refractivity contribution in [2.24, 2.45) is 7.05 Å². The van der Waals surface area contributed by atoms with E-state index in [-0.39, 0.29) is 41.3 Å². The fourth-order valence-corrected chi connectivity index (χ4v) is 5.24. The number of aromatic carboxylic acids is 1. The molecule has 9 nitrogen and oxygen atoms in total. The number of imidazole rings is 1. The molecule has 0 unspecified atom stereocenters. The Kier molecular flexibility index (Phi) is 8.53. The number of nitrogens with zero attached hydrogens (tertiary/aromatic N) is 5. The third-order valence-electron chi connectivity index (χ3n) is 7.62. The predicted octanol–water partition coefficient (Wildman–Crippen LogP) is 6.43. The molecule has 3 heterocycles. The maximum atomic E-state index is 15.5. The number of aryl methyl sites for hydroxylation is 1. The number of halogens is 3. The first-order valence-electron chi connectivity index (χ1n) is 14.3. The Morgan fingerprint density at radius 1 is 0.913 bits per heavy atom. The Morgan fingerprint density at radius 2 is 1.74 bits per heavy atom. The first-order valence-corrected chi connectivity index (χ1v) is 14.3. The van der Waals surface area contributed by atoms with Crippen molar-refractivity contribution in [2.75, 3.05) is 13.7 Å². The quantitative estimate of drug-likeness (QED) is 0.177. The van der Waals surface area contributed by atoms with Gasteiger partial charge in [-0.25, -0.2) is 27.9 Å². The van der Waals surface area contributed by atoms with Crippen molar-refractivity contribution in [3.05, 3.63) is 119 Å². The molecule has 0 saturated heterocycles. The second-order valence-corrected chi connectivity index (χ2v) is 10.6. The number of hydrogen-bond donors (Lipinski definition) is 1. The van der Waals surface area contributed by atoms with E-state index in [0.717, 1.165) is 17.8 Å². The molecule has 6 aromatic rings. The molecule has 0 amide bonds. The van der Waals surface area contributed by atoms with Crippen LogP contribution < -0.4 is 4.74 Å². The van der Waals surface area contributed by atoms with Crippen molar-refractivity contribution in [2.45, 2.75) is 19.6 Å². The Balaban J connectivity index is 1.22. The summed E-state index contributed by atoms with van der Waals surface area (Å²) in [4.78, 5) is 20.4. The van der Waals surface area contributed by atoms with Crippen molar-refractivity contribution < 1.29 is 32.5 Å². The number of benzene rings is 3. The molecule has 0 atom stereocenters. The second-order valence-electron chi connectivity index (χ2n) is 10.6. The summed E-state index contributed by atoms with van der Waals surface area (Å²) in [5.41, 5.74) is 3.03. The number of pyridine rings is 1. The van der Waals surface area contributed by atoms with Crippen molar-refractivity contribution in [1.82, 2.24) is 24.3 Å².